The van der Waals surface area contributed by atoms with E-state index in [0.29, 0.717) is 6.04 Å². The Morgan fingerprint density at radius 1 is 1.47 bits per heavy atom. The first-order valence-electron chi connectivity index (χ1n) is 5.74. The van der Waals surface area contributed by atoms with Gasteiger partial charge in [-0.2, -0.15) is 0 Å². The van der Waals surface area contributed by atoms with Crippen LogP contribution in [0.2, 0.25) is 5.02 Å². The summed E-state index contributed by atoms with van der Waals surface area (Å²) in [6.45, 7) is 3.32. The maximum atomic E-state index is 5.96. The van der Waals surface area contributed by atoms with Gasteiger partial charge in [-0.3, -0.25) is 0 Å². The van der Waals surface area contributed by atoms with Crippen LogP contribution in [0.1, 0.15) is 37.8 Å². The Kier molecular flexibility index (Phi) is 3.66. The van der Waals surface area contributed by atoms with Crippen molar-refractivity contribution < 1.29 is 0 Å². The molecule has 0 saturated heterocycles. The quantitative estimate of drug-likeness (QED) is 0.801. The maximum absolute atomic E-state index is 5.96. The fourth-order valence-corrected chi connectivity index (χ4v) is 2.00. The van der Waals surface area contributed by atoms with E-state index >= 15 is 0 Å². The lowest BCUT2D eigenvalue weighted by atomic mass is 10.1. The zero-order chi connectivity index (χ0) is 10.7. The second-order valence-electron chi connectivity index (χ2n) is 4.46. The third-order valence-corrected chi connectivity index (χ3v) is 3.28. The molecule has 1 aliphatic carbocycles. The molecule has 1 atom stereocenters. The summed E-state index contributed by atoms with van der Waals surface area (Å²) in [5.41, 5.74) is 1.28. The molecule has 0 amide bonds. The molecular formula is C13H18ClN. The van der Waals surface area contributed by atoms with Crippen LogP contribution in [0.5, 0.6) is 0 Å². The first-order valence-corrected chi connectivity index (χ1v) is 6.12. The molecule has 1 aromatic carbocycles. The molecule has 0 spiro atoms. The molecule has 0 radical (unpaired) electrons. The van der Waals surface area contributed by atoms with Gasteiger partial charge in [-0.05, 0) is 43.5 Å². The zero-order valence-electron chi connectivity index (χ0n) is 9.17. The third kappa shape index (κ3) is 3.51. The van der Waals surface area contributed by atoms with Crippen molar-refractivity contribution in [1.29, 1.82) is 0 Å². The van der Waals surface area contributed by atoms with Crippen molar-refractivity contribution in [3.8, 4) is 0 Å². The largest absolute Gasteiger partial charge is 0.310 e. The lowest BCUT2D eigenvalue weighted by molar-refractivity contribution is 0.540. The number of halogens is 1. The van der Waals surface area contributed by atoms with Gasteiger partial charge in [-0.1, -0.05) is 36.6 Å². The highest BCUT2D eigenvalue weighted by Crippen LogP contribution is 2.32. The van der Waals surface area contributed by atoms with Crippen molar-refractivity contribution in [2.24, 2.45) is 5.92 Å². The maximum Gasteiger partial charge on any atom is 0.0409 e. The third-order valence-electron chi connectivity index (χ3n) is 3.05. The fourth-order valence-electron chi connectivity index (χ4n) is 1.80. The van der Waals surface area contributed by atoms with Crippen LogP contribution in [0.25, 0.3) is 0 Å². The van der Waals surface area contributed by atoms with E-state index in [2.05, 4.69) is 18.3 Å². The van der Waals surface area contributed by atoms with E-state index in [4.69, 9.17) is 11.6 Å². The van der Waals surface area contributed by atoms with Gasteiger partial charge in [0.2, 0.25) is 0 Å². The summed E-state index contributed by atoms with van der Waals surface area (Å²) in [5, 5.41) is 4.36. The van der Waals surface area contributed by atoms with Crippen LogP contribution in [0.4, 0.5) is 0 Å². The predicted octanol–water partition coefficient (Wildman–Crippen LogP) is 3.79. The minimum absolute atomic E-state index is 0.405. The van der Waals surface area contributed by atoms with Crippen molar-refractivity contribution in [3.63, 3.8) is 0 Å². The fraction of sp³-hybridized carbons (Fsp3) is 0.538. The van der Waals surface area contributed by atoms with Gasteiger partial charge < -0.3 is 5.32 Å². The minimum atomic E-state index is 0.405. The summed E-state index contributed by atoms with van der Waals surface area (Å²) in [6, 6.07) is 8.50. The molecule has 1 N–H and O–H groups in total. The average Bonchev–Trinajstić information content (AvgIpc) is 3.01. The molecule has 2 heteroatoms. The zero-order valence-corrected chi connectivity index (χ0v) is 9.93. The van der Waals surface area contributed by atoms with Crippen LogP contribution < -0.4 is 5.32 Å². The van der Waals surface area contributed by atoms with Crippen LogP contribution in [0.3, 0.4) is 0 Å². The van der Waals surface area contributed by atoms with Gasteiger partial charge in [0.15, 0.2) is 0 Å². The molecule has 0 bridgehead atoms. The van der Waals surface area contributed by atoms with Gasteiger partial charge in [0.05, 0.1) is 0 Å². The van der Waals surface area contributed by atoms with E-state index in [1.54, 1.807) is 0 Å². The topological polar surface area (TPSA) is 12.0 Å². The Labute approximate surface area is 96.8 Å². The molecule has 1 saturated carbocycles. The second-order valence-corrected chi connectivity index (χ2v) is 4.90. The molecule has 82 valence electrons. The molecule has 2 rings (SSSR count). The van der Waals surface area contributed by atoms with Gasteiger partial charge in [0.1, 0.15) is 0 Å². The lowest BCUT2D eigenvalue weighted by Crippen LogP contribution is -2.20. The number of nitrogens with one attached hydrogen (secondary N) is 1. The number of hydrogen-bond acceptors (Lipinski definition) is 1. The van der Waals surface area contributed by atoms with Crippen LogP contribution in [0.15, 0.2) is 24.3 Å². The van der Waals surface area contributed by atoms with Crippen LogP contribution >= 0.6 is 11.6 Å². The molecule has 1 fully saturated rings. The molecule has 1 aliphatic rings. The number of benzene rings is 1. The van der Waals surface area contributed by atoms with E-state index < -0.39 is 0 Å². The molecule has 0 aliphatic heterocycles. The predicted molar refractivity (Wildman–Crippen MR) is 65.2 cm³/mol. The van der Waals surface area contributed by atoms with Gasteiger partial charge in [0, 0.05) is 11.1 Å². The summed E-state index contributed by atoms with van der Waals surface area (Å²) in [6.07, 6.45) is 4.20. The highest BCUT2D eigenvalue weighted by atomic mass is 35.5. The summed E-state index contributed by atoms with van der Waals surface area (Å²) in [5.74, 6) is 1.00. The van der Waals surface area contributed by atoms with Crippen molar-refractivity contribution in [3.05, 3.63) is 34.9 Å². The summed E-state index contributed by atoms with van der Waals surface area (Å²) in [4.78, 5) is 0. The normalized spacial score (nSPS) is 17.7. The van der Waals surface area contributed by atoms with Gasteiger partial charge >= 0.3 is 0 Å². The van der Waals surface area contributed by atoms with Gasteiger partial charge in [-0.25, -0.2) is 0 Å². The lowest BCUT2D eigenvalue weighted by Gasteiger charge is -2.14. The molecule has 0 aromatic heterocycles. The standard InChI is InChI=1S/C13H18ClN/c1-10(15-8-7-11-5-6-11)12-3-2-4-13(14)9-12/h2-4,9-11,15H,5-8H2,1H3/t10-/m0/s1. The van der Waals surface area contributed by atoms with E-state index in [9.17, 15) is 0 Å². The Hall–Kier alpha value is -0.530. The van der Waals surface area contributed by atoms with Crippen molar-refractivity contribution in [2.45, 2.75) is 32.2 Å². The molecular weight excluding hydrogens is 206 g/mol. The van der Waals surface area contributed by atoms with Crippen LogP contribution in [-0.4, -0.2) is 6.54 Å². The Bertz CT molecular complexity index is 320. The second kappa shape index (κ2) is 5.00. The Morgan fingerprint density at radius 2 is 2.27 bits per heavy atom. The first kappa shape index (κ1) is 11.0. The molecule has 0 unspecified atom stereocenters. The van der Waals surface area contributed by atoms with E-state index in [1.807, 2.05) is 18.2 Å². The summed E-state index contributed by atoms with van der Waals surface area (Å²) in [7, 11) is 0. The first-order chi connectivity index (χ1) is 7.25. The van der Waals surface area contributed by atoms with Gasteiger partial charge in [-0.15, -0.1) is 0 Å². The van der Waals surface area contributed by atoms with Crippen molar-refractivity contribution in [2.75, 3.05) is 6.54 Å². The SMILES string of the molecule is C[C@H](NCCC1CC1)c1cccc(Cl)c1. The number of rotatable bonds is 5. The summed E-state index contributed by atoms with van der Waals surface area (Å²) < 4.78 is 0. The monoisotopic (exact) mass is 223 g/mol. The van der Waals surface area contributed by atoms with E-state index in [1.165, 1.54) is 24.8 Å². The van der Waals surface area contributed by atoms with E-state index in [0.717, 1.165) is 17.5 Å². The molecule has 1 aromatic rings. The minimum Gasteiger partial charge on any atom is -0.310 e. The summed E-state index contributed by atoms with van der Waals surface area (Å²) >= 11 is 5.96. The smallest absolute Gasteiger partial charge is 0.0409 e. The highest BCUT2D eigenvalue weighted by Gasteiger charge is 2.20. The number of hydrogen-bond donors (Lipinski definition) is 1. The molecule has 0 heterocycles. The Morgan fingerprint density at radius 3 is 2.93 bits per heavy atom. The van der Waals surface area contributed by atoms with E-state index in [-0.39, 0.29) is 0 Å². The van der Waals surface area contributed by atoms with Gasteiger partial charge in [0.25, 0.3) is 0 Å². The molecule has 15 heavy (non-hydrogen) atoms. The van der Waals surface area contributed by atoms with Crippen molar-refractivity contribution >= 4 is 11.6 Å². The molecule has 1 nitrogen and oxygen atoms in total. The van der Waals surface area contributed by atoms with Crippen LogP contribution in [0, 0.1) is 5.92 Å². The van der Waals surface area contributed by atoms with Crippen LogP contribution in [-0.2, 0) is 0 Å². The van der Waals surface area contributed by atoms with Crippen molar-refractivity contribution in [1.82, 2.24) is 5.32 Å². The Balaban J connectivity index is 1.80. The average molecular weight is 224 g/mol. The highest BCUT2D eigenvalue weighted by molar-refractivity contribution is 6.30.